The summed E-state index contributed by atoms with van der Waals surface area (Å²) < 4.78 is 0. The minimum Gasteiger partial charge on any atom is -0.339 e. The number of likely N-dealkylation sites (tertiary alicyclic amines) is 2. The van der Waals surface area contributed by atoms with Crippen LogP contribution in [0.25, 0.3) is 11.3 Å². The van der Waals surface area contributed by atoms with E-state index in [-0.39, 0.29) is 5.91 Å². The highest BCUT2D eigenvalue weighted by molar-refractivity contribution is 5.95. The van der Waals surface area contributed by atoms with Crippen molar-refractivity contribution in [3.8, 4) is 11.3 Å². The van der Waals surface area contributed by atoms with E-state index in [1.54, 1.807) is 18.6 Å². The summed E-state index contributed by atoms with van der Waals surface area (Å²) in [6, 6.07) is 12.2. The van der Waals surface area contributed by atoms with Crippen LogP contribution in [0.1, 0.15) is 48.0 Å². The Morgan fingerprint density at radius 2 is 1.82 bits per heavy atom. The SMILES string of the molecule is Cc1ccc(C(=O)N2CCC(N3CCCCC3)CC2)cc1Nc1nccc(-c2cccnc2)n1. The fraction of sp³-hybridized carbons (Fsp3) is 0.407. The third-order valence-corrected chi connectivity index (χ3v) is 7.00. The number of carbonyl (C=O) groups excluding carboxylic acids is 1. The van der Waals surface area contributed by atoms with Crippen LogP contribution in [0, 0.1) is 6.92 Å². The summed E-state index contributed by atoms with van der Waals surface area (Å²) in [7, 11) is 0. The highest BCUT2D eigenvalue weighted by atomic mass is 16.2. The molecule has 1 amide bonds. The first-order valence-electron chi connectivity index (χ1n) is 12.3. The Labute approximate surface area is 201 Å². The molecule has 5 rings (SSSR count). The smallest absolute Gasteiger partial charge is 0.253 e. The number of pyridine rings is 1. The maximum atomic E-state index is 13.3. The molecule has 2 fully saturated rings. The molecule has 3 aromatic rings. The maximum Gasteiger partial charge on any atom is 0.253 e. The second-order valence-electron chi connectivity index (χ2n) is 9.28. The van der Waals surface area contributed by atoms with E-state index in [1.807, 2.05) is 48.2 Å². The molecule has 34 heavy (non-hydrogen) atoms. The average molecular weight is 457 g/mol. The molecule has 2 saturated heterocycles. The van der Waals surface area contributed by atoms with Gasteiger partial charge in [0.25, 0.3) is 5.91 Å². The largest absolute Gasteiger partial charge is 0.339 e. The Hall–Kier alpha value is -3.32. The van der Waals surface area contributed by atoms with Crippen LogP contribution < -0.4 is 5.32 Å². The molecule has 0 unspecified atom stereocenters. The Kier molecular flexibility index (Phi) is 6.81. The number of hydrogen-bond acceptors (Lipinski definition) is 6. The van der Waals surface area contributed by atoms with Crippen LogP contribution in [-0.4, -0.2) is 62.9 Å². The fourth-order valence-corrected chi connectivity index (χ4v) is 5.00. The van der Waals surface area contributed by atoms with Crippen LogP contribution in [0.4, 0.5) is 11.6 Å². The molecule has 0 bridgehead atoms. The van der Waals surface area contributed by atoms with Crippen molar-refractivity contribution in [2.24, 2.45) is 0 Å². The van der Waals surface area contributed by atoms with E-state index in [1.165, 1.54) is 32.4 Å². The predicted octanol–water partition coefficient (Wildman–Crippen LogP) is 4.68. The standard InChI is InChI=1S/C27H32N6O/c1-20-7-8-21(26(34)33-16-10-23(11-17-33)32-14-3-2-4-15-32)18-25(20)31-27-29-13-9-24(30-27)22-6-5-12-28-19-22/h5-9,12-13,18-19,23H,2-4,10-11,14-17H2,1H3,(H,29,30,31). The van der Waals surface area contributed by atoms with Gasteiger partial charge in [-0.2, -0.15) is 0 Å². The summed E-state index contributed by atoms with van der Waals surface area (Å²) in [6.07, 6.45) is 11.4. The summed E-state index contributed by atoms with van der Waals surface area (Å²) in [4.78, 5) is 31.1. The van der Waals surface area contributed by atoms with Crippen molar-refractivity contribution < 1.29 is 4.79 Å². The van der Waals surface area contributed by atoms with Crippen molar-refractivity contribution in [1.82, 2.24) is 24.8 Å². The zero-order valence-corrected chi connectivity index (χ0v) is 19.8. The summed E-state index contributed by atoms with van der Waals surface area (Å²) in [5.74, 6) is 0.599. The molecule has 7 heteroatoms. The first-order chi connectivity index (χ1) is 16.7. The van der Waals surface area contributed by atoms with E-state index < -0.39 is 0 Å². The highest BCUT2D eigenvalue weighted by Crippen LogP contribution is 2.25. The molecule has 0 aliphatic carbocycles. The van der Waals surface area contributed by atoms with E-state index in [9.17, 15) is 4.79 Å². The Morgan fingerprint density at radius 3 is 2.59 bits per heavy atom. The van der Waals surface area contributed by atoms with Crippen LogP contribution in [0.2, 0.25) is 0 Å². The topological polar surface area (TPSA) is 74.2 Å². The third kappa shape index (κ3) is 5.09. The quantitative estimate of drug-likeness (QED) is 0.601. The number of amides is 1. The minimum absolute atomic E-state index is 0.102. The molecule has 2 aliphatic rings. The van der Waals surface area contributed by atoms with Gasteiger partial charge < -0.3 is 15.1 Å². The lowest BCUT2D eigenvalue weighted by Crippen LogP contribution is -2.48. The molecule has 176 valence electrons. The maximum absolute atomic E-state index is 13.3. The summed E-state index contributed by atoms with van der Waals surface area (Å²) >= 11 is 0. The Bertz CT molecular complexity index is 1120. The van der Waals surface area contributed by atoms with E-state index >= 15 is 0 Å². The first kappa shape index (κ1) is 22.5. The van der Waals surface area contributed by atoms with Gasteiger partial charge in [-0.15, -0.1) is 0 Å². The zero-order valence-electron chi connectivity index (χ0n) is 19.8. The van der Waals surface area contributed by atoms with Gasteiger partial charge in [-0.1, -0.05) is 12.5 Å². The molecule has 2 aliphatic heterocycles. The van der Waals surface area contributed by atoms with Gasteiger partial charge in [0.15, 0.2) is 0 Å². The molecule has 0 saturated carbocycles. The Morgan fingerprint density at radius 1 is 1.00 bits per heavy atom. The van der Waals surface area contributed by atoms with Crippen molar-refractivity contribution in [2.45, 2.75) is 45.1 Å². The van der Waals surface area contributed by atoms with Crippen molar-refractivity contribution in [2.75, 3.05) is 31.5 Å². The molecule has 7 nitrogen and oxygen atoms in total. The van der Waals surface area contributed by atoms with Crippen molar-refractivity contribution in [3.63, 3.8) is 0 Å². The van der Waals surface area contributed by atoms with Crippen LogP contribution in [-0.2, 0) is 0 Å². The number of anilines is 2. The molecule has 2 aromatic heterocycles. The van der Waals surface area contributed by atoms with Gasteiger partial charge in [0.1, 0.15) is 0 Å². The number of carbonyl (C=O) groups is 1. The number of hydrogen-bond donors (Lipinski definition) is 1. The molecular weight excluding hydrogens is 424 g/mol. The Balaban J connectivity index is 1.26. The minimum atomic E-state index is 0.102. The number of rotatable bonds is 5. The molecule has 0 atom stereocenters. The number of benzene rings is 1. The van der Waals surface area contributed by atoms with Crippen molar-refractivity contribution in [3.05, 3.63) is 66.1 Å². The summed E-state index contributed by atoms with van der Waals surface area (Å²) in [6.45, 7) is 6.11. The van der Waals surface area contributed by atoms with Gasteiger partial charge in [0, 0.05) is 54.5 Å². The number of nitrogens with one attached hydrogen (secondary N) is 1. The van der Waals surface area contributed by atoms with Crippen molar-refractivity contribution >= 4 is 17.5 Å². The predicted molar refractivity (Wildman–Crippen MR) is 134 cm³/mol. The van der Waals surface area contributed by atoms with Crippen LogP contribution in [0.3, 0.4) is 0 Å². The van der Waals surface area contributed by atoms with Gasteiger partial charge in [-0.25, -0.2) is 9.97 Å². The third-order valence-electron chi connectivity index (χ3n) is 7.00. The molecular formula is C27H32N6O. The number of piperidine rings is 2. The lowest BCUT2D eigenvalue weighted by molar-refractivity contribution is 0.0590. The second-order valence-corrected chi connectivity index (χ2v) is 9.28. The average Bonchev–Trinajstić information content (AvgIpc) is 2.91. The van der Waals surface area contributed by atoms with Crippen molar-refractivity contribution in [1.29, 1.82) is 0 Å². The molecule has 4 heterocycles. The summed E-state index contributed by atoms with van der Waals surface area (Å²) in [5.41, 5.74) is 4.31. The lowest BCUT2D eigenvalue weighted by Gasteiger charge is -2.40. The van der Waals surface area contributed by atoms with Gasteiger partial charge in [0.2, 0.25) is 5.95 Å². The zero-order chi connectivity index (χ0) is 23.3. The van der Waals surface area contributed by atoms with E-state index in [0.717, 1.165) is 48.4 Å². The van der Waals surface area contributed by atoms with E-state index in [0.29, 0.717) is 17.6 Å². The monoisotopic (exact) mass is 456 g/mol. The van der Waals surface area contributed by atoms with Gasteiger partial charge in [-0.05, 0) is 81.6 Å². The summed E-state index contributed by atoms with van der Waals surface area (Å²) in [5, 5.41) is 3.31. The van der Waals surface area contributed by atoms with Crippen LogP contribution in [0.15, 0.2) is 55.0 Å². The molecule has 0 radical (unpaired) electrons. The van der Waals surface area contributed by atoms with E-state index in [2.05, 4.69) is 25.2 Å². The van der Waals surface area contributed by atoms with Gasteiger partial charge in [0.05, 0.1) is 5.69 Å². The molecule has 0 spiro atoms. The van der Waals surface area contributed by atoms with Gasteiger partial charge >= 0.3 is 0 Å². The normalized spacial score (nSPS) is 17.5. The van der Waals surface area contributed by atoms with Crippen LogP contribution in [0.5, 0.6) is 0 Å². The van der Waals surface area contributed by atoms with Crippen LogP contribution >= 0.6 is 0 Å². The number of aryl methyl sites for hydroxylation is 1. The molecule has 1 N–H and O–H groups in total. The molecule has 1 aromatic carbocycles. The first-order valence-corrected chi connectivity index (χ1v) is 12.3. The van der Waals surface area contributed by atoms with Gasteiger partial charge in [-0.3, -0.25) is 9.78 Å². The highest BCUT2D eigenvalue weighted by Gasteiger charge is 2.28. The van der Waals surface area contributed by atoms with E-state index in [4.69, 9.17) is 0 Å². The lowest BCUT2D eigenvalue weighted by atomic mass is 9.99. The fourth-order valence-electron chi connectivity index (χ4n) is 5.00. The number of nitrogens with zero attached hydrogens (tertiary/aromatic N) is 5. The second kappa shape index (κ2) is 10.3. The number of aromatic nitrogens is 3.